The van der Waals surface area contributed by atoms with Crippen molar-refractivity contribution in [3.63, 3.8) is 0 Å². The Morgan fingerprint density at radius 3 is 2.70 bits per heavy atom. The zero-order valence-electron chi connectivity index (χ0n) is 10.9. The number of halogens is 1. The number of nitrogen functional groups attached to an aromatic ring is 1. The zero-order chi connectivity index (χ0) is 14.1. The molecular weight excluding hydrogens is 316 g/mol. The first-order chi connectivity index (χ1) is 9.65. The molecule has 3 aromatic rings. The van der Waals surface area contributed by atoms with Gasteiger partial charge in [0.1, 0.15) is 5.82 Å². The van der Waals surface area contributed by atoms with E-state index >= 15 is 0 Å². The van der Waals surface area contributed by atoms with Gasteiger partial charge in [0, 0.05) is 16.2 Å². The Hall–Kier alpha value is -2.14. The third kappa shape index (κ3) is 2.32. The maximum atomic E-state index is 5.63. The summed E-state index contributed by atoms with van der Waals surface area (Å²) in [6.07, 6.45) is 5.40. The van der Waals surface area contributed by atoms with E-state index in [-0.39, 0.29) is 0 Å². The highest BCUT2D eigenvalue weighted by Crippen LogP contribution is 2.26. The fourth-order valence-corrected chi connectivity index (χ4v) is 2.62. The molecule has 0 aliphatic carbocycles. The van der Waals surface area contributed by atoms with Crippen molar-refractivity contribution in [1.29, 1.82) is 0 Å². The molecule has 0 aliphatic heterocycles. The van der Waals surface area contributed by atoms with Crippen LogP contribution in [0.25, 0.3) is 16.9 Å². The molecule has 5 heteroatoms. The van der Waals surface area contributed by atoms with E-state index in [4.69, 9.17) is 5.73 Å². The summed E-state index contributed by atoms with van der Waals surface area (Å²) in [5.41, 5.74) is 9.87. The summed E-state index contributed by atoms with van der Waals surface area (Å²) >= 11 is 3.48. The van der Waals surface area contributed by atoms with Crippen LogP contribution in [0.3, 0.4) is 0 Å². The SMILES string of the molecule is Cc1cc(Br)ccc1-n1cncc1-c1ccc(N)nc1. The van der Waals surface area contributed by atoms with Gasteiger partial charge in [-0.25, -0.2) is 9.97 Å². The van der Waals surface area contributed by atoms with E-state index < -0.39 is 0 Å². The van der Waals surface area contributed by atoms with Crippen molar-refractivity contribution >= 4 is 21.7 Å². The minimum Gasteiger partial charge on any atom is -0.384 e. The van der Waals surface area contributed by atoms with Crippen LogP contribution in [0.5, 0.6) is 0 Å². The molecule has 0 saturated carbocycles. The number of nitrogens with zero attached hydrogens (tertiary/aromatic N) is 3. The first-order valence-corrected chi connectivity index (χ1v) is 6.95. The summed E-state index contributed by atoms with van der Waals surface area (Å²) in [6.45, 7) is 2.07. The average molecular weight is 329 g/mol. The van der Waals surface area contributed by atoms with Gasteiger partial charge < -0.3 is 5.73 Å². The lowest BCUT2D eigenvalue weighted by Crippen LogP contribution is -1.98. The van der Waals surface area contributed by atoms with Crippen LogP contribution >= 0.6 is 15.9 Å². The second-order valence-electron chi connectivity index (χ2n) is 4.55. The molecule has 100 valence electrons. The van der Waals surface area contributed by atoms with Gasteiger partial charge in [-0.15, -0.1) is 0 Å². The van der Waals surface area contributed by atoms with Crippen molar-refractivity contribution < 1.29 is 0 Å². The molecular formula is C15H13BrN4. The summed E-state index contributed by atoms with van der Waals surface area (Å²) in [4.78, 5) is 8.39. The summed E-state index contributed by atoms with van der Waals surface area (Å²) in [5.74, 6) is 0.514. The standard InChI is InChI=1S/C15H13BrN4/c1-10-6-12(16)3-4-13(10)20-9-18-8-14(20)11-2-5-15(17)19-7-11/h2-9H,1H3,(H2,17,19). The van der Waals surface area contributed by atoms with Gasteiger partial charge in [-0.05, 0) is 42.8 Å². The molecule has 0 saturated heterocycles. The first-order valence-electron chi connectivity index (χ1n) is 6.16. The summed E-state index contributed by atoms with van der Waals surface area (Å²) in [7, 11) is 0. The van der Waals surface area contributed by atoms with Crippen LogP contribution < -0.4 is 5.73 Å². The molecule has 0 fully saturated rings. The normalized spacial score (nSPS) is 10.7. The van der Waals surface area contributed by atoms with Crippen LogP contribution in [0.2, 0.25) is 0 Å². The van der Waals surface area contributed by atoms with Crippen molar-refractivity contribution in [3.8, 4) is 16.9 Å². The number of aromatic nitrogens is 3. The Morgan fingerprint density at radius 1 is 1.15 bits per heavy atom. The minimum absolute atomic E-state index is 0.514. The number of anilines is 1. The van der Waals surface area contributed by atoms with Crippen molar-refractivity contribution in [2.24, 2.45) is 0 Å². The van der Waals surface area contributed by atoms with Gasteiger partial charge in [-0.3, -0.25) is 4.57 Å². The number of aryl methyl sites for hydroxylation is 1. The van der Waals surface area contributed by atoms with E-state index in [2.05, 4.69) is 49.5 Å². The van der Waals surface area contributed by atoms with E-state index in [1.807, 2.05) is 24.7 Å². The van der Waals surface area contributed by atoms with Crippen LogP contribution in [-0.4, -0.2) is 14.5 Å². The lowest BCUT2D eigenvalue weighted by molar-refractivity contribution is 1.04. The van der Waals surface area contributed by atoms with Gasteiger partial charge in [0.05, 0.1) is 23.9 Å². The molecule has 0 radical (unpaired) electrons. The van der Waals surface area contributed by atoms with Crippen LogP contribution in [0.4, 0.5) is 5.82 Å². The number of hydrogen-bond donors (Lipinski definition) is 1. The number of imidazole rings is 1. The Labute approximate surface area is 125 Å². The molecule has 4 nitrogen and oxygen atoms in total. The predicted molar refractivity (Wildman–Crippen MR) is 83.6 cm³/mol. The highest BCUT2D eigenvalue weighted by molar-refractivity contribution is 9.10. The second kappa shape index (κ2) is 5.09. The quantitative estimate of drug-likeness (QED) is 0.782. The maximum absolute atomic E-state index is 5.63. The molecule has 2 aromatic heterocycles. The highest BCUT2D eigenvalue weighted by Gasteiger charge is 2.09. The van der Waals surface area contributed by atoms with Gasteiger partial charge in [0.25, 0.3) is 0 Å². The first kappa shape index (κ1) is 12.9. The fourth-order valence-electron chi connectivity index (χ4n) is 2.15. The van der Waals surface area contributed by atoms with E-state index in [1.165, 1.54) is 5.56 Å². The zero-order valence-corrected chi connectivity index (χ0v) is 12.5. The van der Waals surface area contributed by atoms with Gasteiger partial charge >= 0.3 is 0 Å². The van der Waals surface area contributed by atoms with E-state index in [9.17, 15) is 0 Å². The number of benzene rings is 1. The molecule has 0 atom stereocenters. The second-order valence-corrected chi connectivity index (χ2v) is 5.47. The van der Waals surface area contributed by atoms with Crippen LogP contribution in [0.1, 0.15) is 5.56 Å². The summed E-state index contributed by atoms with van der Waals surface area (Å²) < 4.78 is 3.11. The lowest BCUT2D eigenvalue weighted by Gasteiger charge is -2.11. The van der Waals surface area contributed by atoms with Crippen molar-refractivity contribution in [2.45, 2.75) is 6.92 Å². The van der Waals surface area contributed by atoms with Crippen molar-refractivity contribution in [1.82, 2.24) is 14.5 Å². The van der Waals surface area contributed by atoms with E-state index in [0.717, 1.165) is 21.4 Å². The molecule has 0 amide bonds. The number of pyridine rings is 1. The molecule has 3 rings (SSSR count). The molecule has 2 heterocycles. The van der Waals surface area contributed by atoms with Gasteiger partial charge in [0.2, 0.25) is 0 Å². The number of rotatable bonds is 2. The minimum atomic E-state index is 0.514. The molecule has 1 aromatic carbocycles. The summed E-state index contributed by atoms with van der Waals surface area (Å²) in [5, 5.41) is 0. The third-order valence-electron chi connectivity index (χ3n) is 3.14. The molecule has 0 aliphatic rings. The Balaban J connectivity index is 2.12. The van der Waals surface area contributed by atoms with E-state index in [1.54, 1.807) is 12.3 Å². The molecule has 2 N–H and O–H groups in total. The van der Waals surface area contributed by atoms with Crippen LogP contribution in [0, 0.1) is 6.92 Å². The van der Waals surface area contributed by atoms with Gasteiger partial charge in [0.15, 0.2) is 0 Å². The van der Waals surface area contributed by atoms with Crippen molar-refractivity contribution in [3.05, 3.63) is 59.1 Å². The lowest BCUT2D eigenvalue weighted by atomic mass is 10.1. The fraction of sp³-hybridized carbons (Fsp3) is 0.0667. The largest absolute Gasteiger partial charge is 0.384 e. The van der Waals surface area contributed by atoms with Crippen LogP contribution in [0.15, 0.2) is 53.5 Å². The van der Waals surface area contributed by atoms with Crippen LogP contribution in [-0.2, 0) is 0 Å². The predicted octanol–water partition coefficient (Wildman–Crippen LogP) is 3.59. The van der Waals surface area contributed by atoms with E-state index in [0.29, 0.717) is 5.82 Å². The van der Waals surface area contributed by atoms with Gasteiger partial charge in [-0.2, -0.15) is 0 Å². The van der Waals surface area contributed by atoms with Gasteiger partial charge in [-0.1, -0.05) is 15.9 Å². The molecule has 0 unspecified atom stereocenters. The topological polar surface area (TPSA) is 56.7 Å². The Kier molecular flexibility index (Phi) is 3.28. The highest BCUT2D eigenvalue weighted by atomic mass is 79.9. The molecule has 20 heavy (non-hydrogen) atoms. The Morgan fingerprint density at radius 2 is 2.00 bits per heavy atom. The maximum Gasteiger partial charge on any atom is 0.123 e. The molecule has 0 bridgehead atoms. The monoisotopic (exact) mass is 328 g/mol. The number of nitrogens with two attached hydrogens (primary N) is 1. The van der Waals surface area contributed by atoms with Crippen molar-refractivity contribution in [2.75, 3.05) is 5.73 Å². The number of hydrogen-bond acceptors (Lipinski definition) is 3. The molecule has 0 spiro atoms. The smallest absolute Gasteiger partial charge is 0.123 e. The third-order valence-corrected chi connectivity index (χ3v) is 3.63. The Bertz CT molecular complexity index is 747. The average Bonchev–Trinajstić information content (AvgIpc) is 2.88. The summed E-state index contributed by atoms with van der Waals surface area (Å²) in [6, 6.07) is 9.91.